The molecule has 0 aliphatic heterocycles. The Hall–Kier alpha value is -1.13. The standard InChI is InChI=1S/C11H18N2O2/c1-3-15-8-9(2)12-6-10-4-5-11(14)7-13-10/h4-5,7,9,12,14H,3,6,8H2,1-2H3. The Kier molecular flexibility index (Phi) is 5.07. The summed E-state index contributed by atoms with van der Waals surface area (Å²) in [6.45, 7) is 6.18. The predicted octanol–water partition coefficient (Wildman–Crippen LogP) is 1.30. The van der Waals surface area contributed by atoms with E-state index in [-0.39, 0.29) is 5.75 Å². The fourth-order valence-electron chi connectivity index (χ4n) is 1.15. The summed E-state index contributed by atoms with van der Waals surface area (Å²) in [7, 11) is 0. The van der Waals surface area contributed by atoms with Crippen LogP contribution in [0.5, 0.6) is 5.75 Å². The van der Waals surface area contributed by atoms with Crippen molar-refractivity contribution >= 4 is 0 Å². The van der Waals surface area contributed by atoms with E-state index in [1.165, 1.54) is 6.20 Å². The monoisotopic (exact) mass is 210 g/mol. The molecule has 0 radical (unpaired) electrons. The van der Waals surface area contributed by atoms with Crippen LogP contribution in [0, 0.1) is 0 Å². The minimum Gasteiger partial charge on any atom is -0.506 e. The quantitative estimate of drug-likeness (QED) is 0.743. The van der Waals surface area contributed by atoms with Gasteiger partial charge in [-0.25, -0.2) is 0 Å². The summed E-state index contributed by atoms with van der Waals surface area (Å²) in [5.74, 6) is 0.195. The van der Waals surface area contributed by atoms with Crippen LogP contribution in [-0.2, 0) is 11.3 Å². The maximum atomic E-state index is 9.05. The molecule has 0 aliphatic carbocycles. The smallest absolute Gasteiger partial charge is 0.133 e. The lowest BCUT2D eigenvalue weighted by Gasteiger charge is -2.12. The highest BCUT2D eigenvalue weighted by atomic mass is 16.5. The second-order valence-electron chi connectivity index (χ2n) is 3.45. The first kappa shape index (κ1) is 11.9. The van der Waals surface area contributed by atoms with Crippen LogP contribution in [0.1, 0.15) is 19.5 Å². The van der Waals surface area contributed by atoms with Gasteiger partial charge in [-0.1, -0.05) is 0 Å². The number of rotatable bonds is 6. The van der Waals surface area contributed by atoms with Gasteiger partial charge in [-0.3, -0.25) is 4.98 Å². The molecule has 1 aromatic heterocycles. The Bertz CT molecular complexity index is 274. The van der Waals surface area contributed by atoms with E-state index in [1.54, 1.807) is 12.1 Å². The fourth-order valence-corrected chi connectivity index (χ4v) is 1.15. The predicted molar refractivity (Wildman–Crippen MR) is 58.7 cm³/mol. The van der Waals surface area contributed by atoms with Crippen LogP contribution < -0.4 is 5.32 Å². The van der Waals surface area contributed by atoms with Gasteiger partial charge in [0.1, 0.15) is 5.75 Å². The van der Waals surface area contributed by atoms with E-state index in [1.807, 2.05) is 6.92 Å². The molecule has 0 bridgehead atoms. The van der Waals surface area contributed by atoms with Crippen LogP contribution >= 0.6 is 0 Å². The molecule has 4 heteroatoms. The average molecular weight is 210 g/mol. The molecular weight excluding hydrogens is 192 g/mol. The molecule has 84 valence electrons. The lowest BCUT2D eigenvalue weighted by atomic mass is 10.3. The van der Waals surface area contributed by atoms with E-state index in [0.29, 0.717) is 19.2 Å². The Morgan fingerprint density at radius 1 is 1.53 bits per heavy atom. The molecule has 0 aliphatic rings. The zero-order valence-electron chi connectivity index (χ0n) is 9.23. The van der Waals surface area contributed by atoms with Crippen LogP contribution in [0.3, 0.4) is 0 Å². The van der Waals surface area contributed by atoms with E-state index in [0.717, 1.165) is 12.3 Å². The van der Waals surface area contributed by atoms with Crippen molar-refractivity contribution in [1.29, 1.82) is 0 Å². The van der Waals surface area contributed by atoms with Crippen molar-refractivity contribution in [2.24, 2.45) is 0 Å². The van der Waals surface area contributed by atoms with Crippen molar-refractivity contribution in [3.8, 4) is 5.75 Å². The lowest BCUT2D eigenvalue weighted by Crippen LogP contribution is -2.30. The van der Waals surface area contributed by atoms with Crippen LogP contribution in [0.25, 0.3) is 0 Å². The topological polar surface area (TPSA) is 54.4 Å². The van der Waals surface area contributed by atoms with Crippen molar-refractivity contribution in [1.82, 2.24) is 10.3 Å². The summed E-state index contributed by atoms with van der Waals surface area (Å²) >= 11 is 0. The SMILES string of the molecule is CCOCC(C)NCc1ccc(O)cn1. The first-order chi connectivity index (χ1) is 7.22. The number of nitrogens with one attached hydrogen (secondary N) is 1. The molecule has 0 saturated heterocycles. The largest absolute Gasteiger partial charge is 0.506 e. The molecule has 0 amide bonds. The average Bonchev–Trinajstić information content (AvgIpc) is 2.25. The maximum Gasteiger partial charge on any atom is 0.133 e. The molecule has 0 saturated carbocycles. The van der Waals surface area contributed by atoms with Gasteiger partial charge in [-0.05, 0) is 26.0 Å². The van der Waals surface area contributed by atoms with Crippen LogP contribution in [0.15, 0.2) is 18.3 Å². The summed E-state index contributed by atoms with van der Waals surface area (Å²) in [4.78, 5) is 4.08. The summed E-state index contributed by atoms with van der Waals surface area (Å²) in [6, 6.07) is 3.74. The number of aromatic nitrogens is 1. The fraction of sp³-hybridized carbons (Fsp3) is 0.545. The zero-order chi connectivity index (χ0) is 11.1. The third-order valence-electron chi connectivity index (χ3n) is 2.01. The highest BCUT2D eigenvalue weighted by molar-refractivity contribution is 5.17. The van der Waals surface area contributed by atoms with Crippen molar-refractivity contribution in [2.45, 2.75) is 26.4 Å². The lowest BCUT2D eigenvalue weighted by molar-refractivity contribution is 0.127. The molecule has 1 aromatic rings. The normalized spacial score (nSPS) is 12.7. The number of aromatic hydroxyl groups is 1. The highest BCUT2D eigenvalue weighted by Gasteiger charge is 2.01. The van der Waals surface area contributed by atoms with Gasteiger partial charge in [-0.2, -0.15) is 0 Å². The number of pyridine rings is 1. The van der Waals surface area contributed by atoms with E-state index >= 15 is 0 Å². The minimum atomic E-state index is 0.195. The maximum absolute atomic E-state index is 9.05. The van der Waals surface area contributed by atoms with Gasteiger partial charge < -0.3 is 15.2 Å². The number of hydrogen-bond donors (Lipinski definition) is 2. The third-order valence-corrected chi connectivity index (χ3v) is 2.01. The van der Waals surface area contributed by atoms with Crippen molar-refractivity contribution in [3.05, 3.63) is 24.0 Å². The number of ether oxygens (including phenoxy) is 1. The highest BCUT2D eigenvalue weighted by Crippen LogP contribution is 2.05. The van der Waals surface area contributed by atoms with Crippen LogP contribution in [0.4, 0.5) is 0 Å². The van der Waals surface area contributed by atoms with Crippen molar-refractivity contribution in [3.63, 3.8) is 0 Å². The van der Waals surface area contributed by atoms with Gasteiger partial charge in [0.15, 0.2) is 0 Å². The van der Waals surface area contributed by atoms with Gasteiger partial charge >= 0.3 is 0 Å². The molecule has 4 nitrogen and oxygen atoms in total. The van der Waals surface area contributed by atoms with E-state index in [9.17, 15) is 0 Å². The molecule has 0 aromatic carbocycles. The summed E-state index contributed by atoms with van der Waals surface area (Å²) in [5.41, 5.74) is 0.913. The van der Waals surface area contributed by atoms with Crippen LogP contribution in [0.2, 0.25) is 0 Å². The van der Waals surface area contributed by atoms with E-state index in [2.05, 4.69) is 17.2 Å². The number of hydrogen-bond acceptors (Lipinski definition) is 4. The molecule has 1 atom stereocenters. The molecule has 1 unspecified atom stereocenters. The Morgan fingerprint density at radius 2 is 2.33 bits per heavy atom. The molecular formula is C11H18N2O2. The molecule has 1 rings (SSSR count). The van der Waals surface area contributed by atoms with Crippen LogP contribution in [-0.4, -0.2) is 29.3 Å². The van der Waals surface area contributed by atoms with Crippen molar-refractivity contribution < 1.29 is 9.84 Å². The second-order valence-corrected chi connectivity index (χ2v) is 3.45. The first-order valence-corrected chi connectivity index (χ1v) is 5.17. The molecule has 2 N–H and O–H groups in total. The molecule has 1 heterocycles. The molecule has 15 heavy (non-hydrogen) atoms. The van der Waals surface area contributed by atoms with Gasteiger partial charge in [-0.15, -0.1) is 0 Å². The zero-order valence-corrected chi connectivity index (χ0v) is 9.23. The summed E-state index contributed by atoms with van der Waals surface area (Å²) in [5, 5.41) is 12.3. The van der Waals surface area contributed by atoms with Gasteiger partial charge in [0.05, 0.1) is 18.5 Å². The van der Waals surface area contributed by atoms with Gasteiger partial charge in [0.2, 0.25) is 0 Å². The molecule has 0 spiro atoms. The summed E-state index contributed by atoms with van der Waals surface area (Å²) < 4.78 is 5.28. The Morgan fingerprint density at radius 3 is 2.93 bits per heavy atom. The van der Waals surface area contributed by atoms with Gasteiger partial charge in [0, 0.05) is 19.2 Å². The Labute approximate surface area is 90.3 Å². The van der Waals surface area contributed by atoms with E-state index in [4.69, 9.17) is 9.84 Å². The Balaban J connectivity index is 2.27. The van der Waals surface area contributed by atoms with Gasteiger partial charge in [0.25, 0.3) is 0 Å². The summed E-state index contributed by atoms with van der Waals surface area (Å²) in [6.07, 6.45) is 1.45. The third kappa shape index (κ3) is 4.76. The van der Waals surface area contributed by atoms with Crippen molar-refractivity contribution in [2.75, 3.05) is 13.2 Å². The minimum absolute atomic E-state index is 0.195. The molecule has 0 fully saturated rings. The second kappa shape index (κ2) is 6.37. The first-order valence-electron chi connectivity index (χ1n) is 5.17. The van der Waals surface area contributed by atoms with E-state index < -0.39 is 0 Å². The number of nitrogens with zero attached hydrogens (tertiary/aromatic N) is 1.